The van der Waals surface area contributed by atoms with Gasteiger partial charge in [0.15, 0.2) is 0 Å². The smallest absolute Gasteiger partial charge is 0.254 e. The summed E-state index contributed by atoms with van der Waals surface area (Å²) in [5.74, 6) is 1.10. The molecule has 5 heteroatoms. The molecule has 5 nitrogen and oxygen atoms in total. The van der Waals surface area contributed by atoms with E-state index >= 15 is 0 Å². The van der Waals surface area contributed by atoms with Crippen molar-refractivity contribution in [2.24, 2.45) is 0 Å². The zero-order valence-electron chi connectivity index (χ0n) is 13.8. The zero-order chi connectivity index (χ0) is 17.1. The molecule has 1 amide bonds. The third kappa shape index (κ3) is 3.18. The lowest BCUT2D eigenvalue weighted by atomic mass is 10.0. The minimum Gasteiger partial charge on any atom is -0.337 e. The summed E-state index contributed by atoms with van der Waals surface area (Å²) >= 11 is 0. The highest BCUT2D eigenvalue weighted by Gasteiger charge is 2.32. The predicted octanol–water partition coefficient (Wildman–Crippen LogP) is 4.10. The molecule has 0 radical (unpaired) electrons. The summed E-state index contributed by atoms with van der Waals surface area (Å²) in [5, 5.41) is 4.10. The molecule has 1 atom stereocenters. The van der Waals surface area contributed by atoms with Crippen molar-refractivity contribution in [1.82, 2.24) is 15.0 Å². The third-order valence-corrected chi connectivity index (χ3v) is 4.54. The van der Waals surface area contributed by atoms with Crippen LogP contribution in [0.2, 0.25) is 0 Å². The van der Waals surface area contributed by atoms with Gasteiger partial charge in [-0.1, -0.05) is 53.7 Å². The number of hydrogen-bond acceptors (Lipinski definition) is 4. The number of amides is 1. The van der Waals surface area contributed by atoms with Gasteiger partial charge in [-0.05, 0) is 31.4 Å². The van der Waals surface area contributed by atoms with E-state index in [1.807, 2.05) is 65.6 Å². The molecule has 0 saturated carbocycles. The van der Waals surface area contributed by atoms with Gasteiger partial charge in [0.25, 0.3) is 5.91 Å². The van der Waals surface area contributed by atoms with Crippen LogP contribution >= 0.6 is 0 Å². The molecule has 0 spiro atoms. The number of piperidine rings is 1. The van der Waals surface area contributed by atoms with Crippen LogP contribution in [0.15, 0.2) is 65.2 Å². The Kier molecular flexibility index (Phi) is 4.29. The second kappa shape index (κ2) is 6.89. The second-order valence-electron chi connectivity index (χ2n) is 6.20. The summed E-state index contributed by atoms with van der Waals surface area (Å²) in [7, 11) is 0. The first kappa shape index (κ1) is 15.6. The minimum atomic E-state index is -0.161. The molecule has 1 unspecified atom stereocenters. The number of likely N-dealkylation sites (tertiary alicyclic amines) is 1. The molecular weight excluding hydrogens is 314 g/mol. The van der Waals surface area contributed by atoms with Gasteiger partial charge in [0.2, 0.25) is 11.7 Å². The molecule has 1 aliphatic rings. The summed E-state index contributed by atoms with van der Waals surface area (Å²) in [6.45, 7) is 0.710. The van der Waals surface area contributed by atoms with Crippen LogP contribution in [-0.4, -0.2) is 27.5 Å². The molecule has 25 heavy (non-hydrogen) atoms. The summed E-state index contributed by atoms with van der Waals surface area (Å²) in [5.41, 5.74) is 1.60. The zero-order valence-corrected chi connectivity index (χ0v) is 13.8. The van der Waals surface area contributed by atoms with Crippen LogP contribution in [0.5, 0.6) is 0 Å². The fraction of sp³-hybridized carbons (Fsp3) is 0.250. The first-order valence-corrected chi connectivity index (χ1v) is 8.58. The maximum Gasteiger partial charge on any atom is 0.254 e. The molecule has 2 heterocycles. The van der Waals surface area contributed by atoms with Crippen molar-refractivity contribution in [2.75, 3.05) is 6.54 Å². The number of hydrogen-bond donors (Lipinski definition) is 0. The fourth-order valence-corrected chi connectivity index (χ4v) is 3.25. The third-order valence-electron chi connectivity index (χ3n) is 4.54. The maximum atomic E-state index is 12.9. The summed E-state index contributed by atoms with van der Waals surface area (Å²) in [4.78, 5) is 19.3. The predicted molar refractivity (Wildman–Crippen MR) is 93.8 cm³/mol. The minimum absolute atomic E-state index is 0.0183. The SMILES string of the molecule is O=C(c1ccccc1)N1CCCCC1c1nc(-c2ccccc2)no1. The molecular formula is C20H19N3O2. The van der Waals surface area contributed by atoms with E-state index in [2.05, 4.69) is 10.1 Å². The van der Waals surface area contributed by atoms with Crippen LogP contribution in [0.1, 0.15) is 41.6 Å². The van der Waals surface area contributed by atoms with Crippen molar-refractivity contribution in [3.63, 3.8) is 0 Å². The Labute approximate surface area is 146 Å². The van der Waals surface area contributed by atoms with E-state index < -0.39 is 0 Å². The number of carbonyl (C=O) groups is 1. The van der Waals surface area contributed by atoms with Crippen molar-refractivity contribution >= 4 is 5.91 Å². The normalized spacial score (nSPS) is 17.4. The van der Waals surface area contributed by atoms with Crippen LogP contribution in [0.25, 0.3) is 11.4 Å². The monoisotopic (exact) mass is 333 g/mol. The number of benzene rings is 2. The van der Waals surface area contributed by atoms with Gasteiger partial charge < -0.3 is 9.42 Å². The van der Waals surface area contributed by atoms with Crippen molar-refractivity contribution in [2.45, 2.75) is 25.3 Å². The van der Waals surface area contributed by atoms with E-state index in [-0.39, 0.29) is 11.9 Å². The average molecular weight is 333 g/mol. The van der Waals surface area contributed by atoms with Crippen LogP contribution in [0.3, 0.4) is 0 Å². The Balaban J connectivity index is 1.62. The average Bonchev–Trinajstić information content (AvgIpc) is 3.19. The Morgan fingerprint density at radius 2 is 1.72 bits per heavy atom. The molecule has 3 aromatic rings. The number of rotatable bonds is 3. The Morgan fingerprint density at radius 1 is 1.00 bits per heavy atom. The van der Waals surface area contributed by atoms with Crippen molar-refractivity contribution < 1.29 is 9.32 Å². The van der Waals surface area contributed by atoms with Crippen molar-refractivity contribution in [3.8, 4) is 11.4 Å². The highest BCUT2D eigenvalue weighted by atomic mass is 16.5. The van der Waals surface area contributed by atoms with Gasteiger partial charge in [-0.3, -0.25) is 4.79 Å². The van der Waals surface area contributed by atoms with Gasteiger partial charge in [0.05, 0.1) is 0 Å². The molecule has 1 aliphatic heterocycles. The van der Waals surface area contributed by atoms with Gasteiger partial charge in [-0.2, -0.15) is 4.98 Å². The Hall–Kier alpha value is -2.95. The highest BCUT2D eigenvalue weighted by molar-refractivity contribution is 5.94. The number of aromatic nitrogens is 2. The Bertz CT molecular complexity index is 846. The van der Waals surface area contributed by atoms with Gasteiger partial charge >= 0.3 is 0 Å². The molecule has 1 aromatic heterocycles. The molecule has 0 bridgehead atoms. The first-order valence-electron chi connectivity index (χ1n) is 8.58. The largest absolute Gasteiger partial charge is 0.337 e. The van der Waals surface area contributed by atoms with Crippen molar-refractivity contribution in [1.29, 1.82) is 0 Å². The van der Waals surface area contributed by atoms with E-state index in [9.17, 15) is 4.79 Å². The van der Waals surface area contributed by atoms with E-state index in [0.717, 1.165) is 24.8 Å². The highest BCUT2D eigenvalue weighted by Crippen LogP contribution is 2.32. The molecule has 2 aromatic carbocycles. The topological polar surface area (TPSA) is 59.2 Å². The first-order chi connectivity index (χ1) is 12.3. The molecule has 126 valence electrons. The van der Waals surface area contributed by atoms with Crippen LogP contribution in [0.4, 0.5) is 0 Å². The van der Waals surface area contributed by atoms with Gasteiger partial charge in [-0.15, -0.1) is 0 Å². The van der Waals surface area contributed by atoms with E-state index in [0.29, 0.717) is 23.8 Å². The van der Waals surface area contributed by atoms with E-state index in [4.69, 9.17) is 4.52 Å². The van der Waals surface area contributed by atoms with Gasteiger partial charge in [0.1, 0.15) is 6.04 Å². The lowest BCUT2D eigenvalue weighted by Gasteiger charge is -2.33. The maximum absolute atomic E-state index is 12.9. The van der Waals surface area contributed by atoms with E-state index in [1.165, 1.54) is 0 Å². The summed E-state index contributed by atoms with van der Waals surface area (Å²) in [6.07, 6.45) is 2.88. The second-order valence-corrected chi connectivity index (χ2v) is 6.20. The molecule has 0 aliphatic carbocycles. The van der Waals surface area contributed by atoms with Crippen molar-refractivity contribution in [3.05, 3.63) is 72.1 Å². The van der Waals surface area contributed by atoms with Gasteiger partial charge in [0, 0.05) is 17.7 Å². The van der Waals surface area contributed by atoms with Gasteiger partial charge in [-0.25, -0.2) is 0 Å². The van der Waals surface area contributed by atoms with E-state index in [1.54, 1.807) is 0 Å². The summed E-state index contributed by atoms with van der Waals surface area (Å²) in [6, 6.07) is 18.9. The summed E-state index contributed by atoms with van der Waals surface area (Å²) < 4.78 is 5.52. The van der Waals surface area contributed by atoms with Crippen LogP contribution < -0.4 is 0 Å². The molecule has 4 rings (SSSR count). The lowest BCUT2D eigenvalue weighted by Crippen LogP contribution is -2.38. The Morgan fingerprint density at radius 3 is 2.48 bits per heavy atom. The quantitative estimate of drug-likeness (QED) is 0.724. The fourth-order valence-electron chi connectivity index (χ4n) is 3.25. The molecule has 1 fully saturated rings. The molecule has 1 saturated heterocycles. The number of carbonyl (C=O) groups excluding carboxylic acids is 1. The lowest BCUT2D eigenvalue weighted by molar-refractivity contribution is 0.0561. The van der Waals surface area contributed by atoms with Crippen LogP contribution in [0, 0.1) is 0 Å². The van der Waals surface area contributed by atoms with Crippen LogP contribution in [-0.2, 0) is 0 Å². The molecule has 0 N–H and O–H groups in total. The number of nitrogens with zero attached hydrogens (tertiary/aromatic N) is 3. The standard InChI is InChI=1S/C20H19N3O2/c24-20(16-11-5-2-6-12-16)23-14-8-7-13-17(23)19-21-18(22-25-19)15-9-3-1-4-10-15/h1-6,9-12,17H,7-8,13-14H2.